The van der Waals surface area contributed by atoms with E-state index in [9.17, 15) is 10.0 Å². The van der Waals surface area contributed by atoms with Crippen molar-refractivity contribution in [2.75, 3.05) is 6.16 Å². The summed E-state index contributed by atoms with van der Waals surface area (Å²) >= 11 is 0. The van der Waals surface area contributed by atoms with Gasteiger partial charge in [0.1, 0.15) is 29.3 Å². The van der Waals surface area contributed by atoms with Crippen molar-refractivity contribution >= 4 is 34.6 Å². The third kappa shape index (κ3) is 4.34. The molecule has 31 heavy (non-hydrogen) atoms. The molecule has 0 radical (unpaired) electrons. The molecule has 0 bridgehead atoms. The predicted octanol–water partition coefficient (Wildman–Crippen LogP) is 3.27. The van der Waals surface area contributed by atoms with E-state index in [4.69, 9.17) is 5.21 Å². The maximum absolute atomic E-state index is 13.5. The maximum Gasteiger partial charge on any atom is 0.201 e. The maximum atomic E-state index is 13.5. The average Bonchev–Trinajstić information content (AvgIpc) is 2.84. The van der Waals surface area contributed by atoms with Crippen molar-refractivity contribution in [2.45, 2.75) is 0 Å². The number of nitrogens with one attached hydrogen (secondary N) is 1. The second-order valence-corrected chi connectivity index (χ2v) is 10.8. The van der Waals surface area contributed by atoms with Crippen molar-refractivity contribution in [2.24, 2.45) is 0 Å². The minimum absolute atomic E-state index is 0.00170. The van der Waals surface area contributed by atoms with Gasteiger partial charge in [-0.05, 0) is 48.5 Å². The number of Topliss-reactive ketones (excluding diaryl/α,β-unsaturated/α-hetero) is 1. The number of ketones is 1. The Hall–Kier alpha value is -3.14. The molecule has 0 fully saturated rings. The van der Waals surface area contributed by atoms with Gasteiger partial charge < -0.3 is 5.21 Å². The fourth-order valence-electron chi connectivity index (χ4n) is 3.87. The lowest BCUT2D eigenvalue weighted by Crippen LogP contribution is -2.99. The van der Waals surface area contributed by atoms with Gasteiger partial charge in [-0.2, -0.15) is 5.23 Å². The van der Waals surface area contributed by atoms with Crippen molar-refractivity contribution in [3.05, 3.63) is 126 Å². The Bertz CT molecular complexity index is 1030. The molecule has 0 saturated heterocycles. The molecule has 0 saturated carbocycles. The first-order valence-corrected chi connectivity index (χ1v) is 12.0. The number of hydrogen-bond acceptors (Lipinski definition) is 3. The van der Waals surface area contributed by atoms with Crippen molar-refractivity contribution in [3.63, 3.8) is 0 Å². The van der Waals surface area contributed by atoms with Gasteiger partial charge in [0.15, 0.2) is 5.69 Å². The molecule has 4 rings (SSSR count). The molecule has 4 aromatic carbocycles. The van der Waals surface area contributed by atoms with Gasteiger partial charge in [0.25, 0.3) is 0 Å². The van der Waals surface area contributed by atoms with E-state index >= 15 is 0 Å². The fourth-order valence-corrected chi connectivity index (χ4v) is 7.97. The predicted molar refractivity (Wildman–Crippen MR) is 127 cm³/mol. The summed E-state index contributed by atoms with van der Waals surface area (Å²) in [7, 11) is -2.27. The third-order valence-corrected chi connectivity index (χ3v) is 9.73. The molecule has 0 aliphatic rings. The number of quaternary nitrogens is 1. The van der Waals surface area contributed by atoms with E-state index in [-0.39, 0.29) is 11.5 Å². The van der Waals surface area contributed by atoms with E-state index < -0.39 is 12.5 Å². The van der Waals surface area contributed by atoms with E-state index in [0.717, 1.165) is 15.9 Å². The van der Waals surface area contributed by atoms with Crippen LogP contribution in [0.1, 0.15) is 10.4 Å². The van der Waals surface area contributed by atoms with Crippen LogP contribution in [0.15, 0.2) is 115 Å². The molecule has 0 aliphatic carbocycles. The molecule has 1 atom stereocenters. The first-order valence-electron chi connectivity index (χ1n) is 10.0. The second kappa shape index (κ2) is 9.34. The Balaban J connectivity index is 1.87. The van der Waals surface area contributed by atoms with Crippen LogP contribution in [0, 0.1) is 5.21 Å². The summed E-state index contributed by atoms with van der Waals surface area (Å²) in [6, 6.07) is 36.9. The van der Waals surface area contributed by atoms with Crippen LogP contribution in [-0.2, 0) is 0 Å². The third-order valence-electron chi connectivity index (χ3n) is 5.43. The highest BCUT2D eigenvalue weighted by molar-refractivity contribution is 7.96. The topological polar surface area (TPSA) is 64.8 Å². The average molecular weight is 428 g/mol. The summed E-state index contributed by atoms with van der Waals surface area (Å²) in [4.78, 5) is 13.5. The zero-order chi connectivity index (χ0) is 21.7. The summed E-state index contributed by atoms with van der Waals surface area (Å²) in [5, 5.41) is 22.8. The van der Waals surface area contributed by atoms with Gasteiger partial charge in [-0.25, -0.2) is 5.21 Å². The largest absolute Gasteiger partial charge is 0.595 e. The second-order valence-electron chi connectivity index (χ2n) is 7.28. The van der Waals surface area contributed by atoms with E-state index in [2.05, 4.69) is 36.4 Å². The van der Waals surface area contributed by atoms with Crippen molar-refractivity contribution in [3.8, 4) is 0 Å². The molecule has 0 amide bonds. The Morgan fingerprint density at radius 1 is 0.677 bits per heavy atom. The smallest absolute Gasteiger partial charge is 0.201 e. The van der Waals surface area contributed by atoms with Crippen molar-refractivity contribution in [1.29, 1.82) is 0 Å². The number of hydrogen-bond donors (Lipinski definition) is 2. The Labute approximate surface area is 182 Å². The summed E-state index contributed by atoms with van der Waals surface area (Å²) in [5.41, 5.74) is 0.698. The minimum Gasteiger partial charge on any atom is -0.595 e. The standard InChI is InChI=1S/C26H23NO3P/c28-26(21-16-18-22(19-17-21)27(29)30)20-31(23-10-4-1-5-11-23,24-12-6-2-7-13-24)25-14-8-3-9-15-25/h1-19,27,29H,20H2/q+1. The summed E-state index contributed by atoms with van der Waals surface area (Å²) in [5.74, 6) is 0.00170. The Morgan fingerprint density at radius 3 is 1.42 bits per heavy atom. The lowest BCUT2D eigenvalue weighted by Gasteiger charge is -2.27. The summed E-state index contributed by atoms with van der Waals surface area (Å²) < 4.78 is 0. The molecule has 0 heterocycles. The first kappa shape index (κ1) is 21.1. The van der Waals surface area contributed by atoms with E-state index in [0.29, 0.717) is 11.7 Å². The van der Waals surface area contributed by atoms with Gasteiger partial charge in [-0.3, -0.25) is 4.79 Å². The number of benzene rings is 4. The van der Waals surface area contributed by atoms with Gasteiger partial charge in [0, 0.05) is 17.7 Å². The normalized spacial score (nSPS) is 12.3. The van der Waals surface area contributed by atoms with Crippen LogP contribution in [-0.4, -0.2) is 17.2 Å². The van der Waals surface area contributed by atoms with Crippen LogP contribution in [0.2, 0.25) is 0 Å². The fraction of sp³-hybridized carbons (Fsp3) is 0.0385. The zero-order valence-corrected chi connectivity index (χ0v) is 17.8. The van der Waals surface area contributed by atoms with Crippen LogP contribution in [0.5, 0.6) is 0 Å². The Kier molecular flexibility index (Phi) is 6.36. The van der Waals surface area contributed by atoms with E-state index in [1.807, 2.05) is 54.6 Å². The molecule has 5 heteroatoms. The van der Waals surface area contributed by atoms with Crippen LogP contribution in [0.3, 0.4) is 0 Å². The van der Waals surface area contributed by atoms with Gasteiger partial charge in [-0.15, -0.1) is 0 Å². The van der Waals surface area contributed by atoms with Gasteiger partial charge in [0.2, 0.25) is 5.78 Å². The molecule has 1 unspecified atom stereocenters. The molecule has 4 aromatic rings. The molecule has 0 aromatic heterocycles. The van der Waals surface area contributed by atoms with Crippen molar-refractivity contribution in [1.82, 2.24) is 0 Å². The lowest BCUT2D eigenvalue weighted by molar-refractivity contribution is -0.991. The van der Waals surface area contributed by atoms with Gasteiger partial charge in [-0.1, -0.05) is 54.6 Å². The number of rotatable bonds is 7. The minimum atomic E-state index is -2.27. The van der Waals surface area contributed by atoms with Gasteiger partial charge in [0.05, 0.1) is 0 Å². The molecular formula is C26H23NO3P+. The number of carbonyl (C=O) groups excluding carboxylic acids is 1. The van der Waals surface area contributed by atoms with Crippen LogP contribution in [0.4, 0.5) is 5.69 Å². The monoisotopic (exact) mass is 428 g/mol. The molecule has 2 N–H and O–H groups in total. The summed E-state index contributed by atoms with van der Waals surface area (Å²) in [6.45, 7) is 0. The zero-order valence-electron chi connectivity index (χ0n) is 16.9. The molecule has 154 valence electrons. The summed E-state index contributed by atoms with van der Waals surface area (Å²) in [6.07, 6.45) is 0.331. The number of carbonyl (C=O) groups is 1. The highest BCUT2D eigenvalue weighted by Gasteiger charge is 2.47. The Morgan fingerprint density at radius 2 is 1.06 bits per heavy atom. The highest BCUT2D eigenvalue weighted by atomic mass is 31.2. The molecular weight excluding hydrogens is 405 g/mol. The van der Waals surface area contributed by atoms with Crippen molar-refractivity contribution < 1.29 is 15.2 Å². The first-order chi connectivity index (χ1) is 15.1. The molecule has 0 spiro atoms. The SMILES string of the molecule is O=C(C[P+](c1ccccc1)(c1ccccc1)c1ccccc1)c1ccc([NH+]([O-])O)cc1. The molecule has 0 aliphatic heterocycles. The van der Waals surface area contributed by atoms with Crippen LogP contribution in [0.25, 0.3) is 0 Å². The molecule has 4 nitrogen and oxygen atoms in total. The van der Waals surface area contributed by atoms with E-state index in [1.165, 1.54) is 12.1 Å². The lowest BCUT2D eigenvalue weighted by atomic mass is 10.1. The van der Waals surface area contributed by atoms with E-state index in [1.54, 1.807) is 12.1 Å². The highest BCUT2D eigenvalue weighted by Crippen LogP contribution is 2.55. The van der Waals surface area contributed by atoms with Gasteiger partial charge >= 0.3 is 0 Å². The quantitative estimate of drug-likeness (QED) is 0.270. The van der Waals surface area contributed by atoms with Crippen LogP contribution < -0.4 is 21.1 Å². The van der Waals surface area contributed by atoms with Crippen LogP contribution >= 0.6 is 7.26 Å².